The zero-order chi connectivity index (χ0) is 11.9. The van der Waals surface area contributed by atoms with Crippen molar-refractivity contribution < 1.29 is 4.52 Å². The summed E-state index contributed by atoms with van der Waals surface area (Å²) < 4.78 is 5.29. The minimum atomic E-state index is -0.0656. The van der Waals surface area contributed by atoms with Gasteiger partial charge in [-0.05, 0) is 25.0 Å². The highest BCUT2D eigenvalue weighted by molar-refractivity contribution is 6.30. The molecule has 0 saturated heterocycles. The van der Waals surface area contributed by atoms with Gasteiger partial charge in [-0.3, -0.25) is 0 Å². The lowest BCUT2D eigenvalue weighted by molar-refractivity contribution is 0.347. The molecule has 3 rings (SSSR count). The number of halogens is 1. The van der Waals surface area contributed by atoms with Crippen LogP contribution in [0.15, 0.2) is 28.8 Å². The van der Waals surface area contributed by atoms with Gasteiger partial charge in [0.15, 0.2) is 0 Å². The summed E-state index contributed by atoms with van der Waals surface area (Å²) in [5.41, 5.74) is 6.52. The van der Waals surface area contributed by atoms with E-state index in [4.69, 9.17) is 21.9 Å². The molecule has 0 atom stereocenters. The lowest BCUT2D eigenvalue weighted by Gasteiger charge is -2.03. The summed E-state index contributed by atoms with van der Waals surface area (Å²) in [6, 6.07) is 7.40. The van der Waals surface area contributed by atoms with Crippen LogP contribution in [0.4, 0.5) is 0 Å². The maximum Gasteiger partial charge on any atom is 0.234 e. The Morgan fingerprint density at radius 2 is 2.24 bits per heavy atom. The van der Waals surface area contributed by atoms with Crippen molar-refractivity contribution in [2.45, 2.75) is 18.3 Å². The molecule has 0 aliphatic heterocycles. The monoisotopic (exact) mass is 249 g/mol. The Bertz CT molecular complexity index is 548. The predicted molar refractivity (Wildman–Crippen MR) is 64.7 cm³/mol. The Morgan fingerprint density at radius 1 is 1.41 bits per heavy atom. The van der Waals surface area contributed by atoms with E-state index in [2.05, 4.69) is 10.1 Å². The second-order valence-corrected chi connectivity index (χ2v) is 4.85. The molecule has 1 saturated carbocycles. The van der Waals surface area contributed by atoms with E-state index in [1.54, 1.807) is 0 Å². The van der Waals surface area contributed by atoms with Crippen LogP contribution < -0.4 is 5.73 Å². The van der Waals surface area contributed by atoms with E-state index in [1.807, 2.05) is 24.3 Å². The molecule has 1 heterocycles. The first-order valence-corrected chi connectivity index (χ1v) is 5.91. The van der Waals surface area contributed by atoms with Gasteiger partial charge in [0.1, 0.15) is 0 Å². The van der Waals surface area contributed by atoms with E-state index in [0.29, 0.717) is 23.3 Å². The van der Waals surface area contributed by atoms with Gasteiger partial charge in [0, 0.05) is 17.1 Å². The van der Waals surface area contributed by atoms with Gasteiger partial charge in [0.05, 0.1) is 5.41 Å². The van der Waals surface area contributed by atoms with Gasteiger partial charge in [-0.2, -0.15) is 4.98 Å². The smallest absolute Gasteiger partial charge is 0.234 e. The highest BCUT2D eigenvalue weighted by Crippen LogP contribution is 2.46. The third-order valence-electron chi connectivity index (χ3n) is 3.21. The van der Waals surface area contributed by atoms with Crippen molar-refractivity contribution in [2.24, 2.45) is 5.73 Å². The molecule has 1 aliphatic rings. The molecule has 1 aliphatic carbocycles. The van der Waals surface area contributed by atoms with Crippen molar-refractivity contribution in [1.29, 1.82) is 0 Å². The van der Waals surface area contributed by atoms with E-state index in [-0.39, 0.29) is 5.41 Å². The normalized spacial score (nSPS) is 17.1. The molecule has 0 spiro atoms. The van der Waals surface area contributed by atoms with Gasteiger partial charge in [-0.1, -0.05) is 28.9 Å². The Labute approximate surface area is 104 Å². The van der Waals surface area contributed by atoms with Crippen LogP contribution in [0.1, 0.15) is 18.7 Å². The van der Waals surface area contributed by atoms with Gasteiger partial charge in [0.2, 0.25) is 11.7 Å². The minimum Gasteiger partial charge on any atom is -0.338 e. The number of hydrogen-bond acceptors (Lipinski definition) is 4. The molecular formula is C12H12ClN3O. The fraction of sp³-hybridized carbons (Fsp3) is 0.333. The van der Waals surface area contributed by atoms with Crippen LogP contribution in [0.25, 0.3) is 11.4 Å². The topological polar surface area (TPSA) is 64.9 Å². The largest absolute Gasteiger partial charge is 0.338 e. The Kier molecular flexibility index (Phi) is 2.42. The first kappa shape index (κ1) is 10.7. The standard InChI is InChI=1S/C12H12ClN3O/c13-9-3-1-2-8(6-9)10-15-11(17-16-10)12(7-14)4-5-12/h1-3,6H,4-5,7,14H2. The average Bonchev–Trinajstić information content (AvgIpc) is 2.99. The third kappa shape index (κ3) is 1.83. The molecule has 0 unspecified atom stereocenters. The quantitative estimate of drug-likeness (QED) is 0.907. The van der Waals surface area contributed by atoms with Gasteiger partial charge in [-0.15, -0.1) is 0 Å². The number of aromatic nitrogens is 2. The van der Waals surface area contributed by atoms with Gasteiger partial charge < -0.3 is 10.3 Å². The second-order valence-electron chi connectivity index (χ2n) is 4.42. The first-order valence-electron chi connectivity index (χ1n) is 5.54. The summed E-state index contributed by atoms with van der Waals surface area (Å²) in [4.78, 5) is 4.41. The Balaban J connectivity index is 1.95. The Hall–Kier alpha value is -1.39. The molecule has 0 radical (unpaired) electrons. The summed E-state index contributed by atoms with van der Waals surface area (Å²) in [6.07, 6.45) is 2.06. The van der Waals surface area contributed by atoms with Crippen molar-refractivity contribution in [3.05, 3.63) is 35.2 Å². The third-order valence-corrected chi connectivity index (χ3v) is 3.44. The maximum atomic E-state index is 5.92. The van der Waals surface area contributed by atoms with E-state index in [9.17, 15) is 0 Å². The summed E-state index contributed by atoms with van der Waals surface area (Å²) >= 11 is 5.92. The van der Waals surface area contributed by atoms with Crippen LogP contribution in [0.2, 0.25) is 5.02 Å². The van der Waals surface area contributed by atoms with Crippen LogP contribution in [0.3, 0.4) is 0 Å². The van der Waals surface area contributed by atoms with E-state index in [1.165, 1.54) is 0 Å². The van der Waals surface area contributed by atoms with E-state index < -0.39 is 0 Å². The summed E-state index contributed by atoms with van der Waals surface area (Å²) in [5.74, 6) is 1.22. The van der Waals surface area contributed by atoms with Crippen LogP contribution in [0.5, 0.6) is 0 Å². The van der Waals surface area contributed by atoms with Crippen LogP contribution in [-0.2, 0) is 5.41 Å². The molecule has 2 N–H and O–H groups in total. The number of nitrogens with zero attached hydrogens (tertiary/aromatic N) is 2. The first-order chi connectivity index (χ1) is 8.23. The minimum absolute atomic E-state index is 0.0656. The van der Waals surface area contributed by atoms with E-state index in [0.717, 1.165) is 18.4 Å². The van der Waals surface area contributed by atoms with Crippen molar-refractivity contribution in [2.75, 3.05) is 6.54 Å². The van der Waals surface area contributed by atoms with Gasteiger partial charge in [-0.25, -0.2) is 0 Å². The van der Waals surface area contributed by atoms with Gasteiger partial charge >= 0.3 is 0 Å². The Morgan fingerprint density at radius 3 is 2.88 bits per heavy atom. The van der Waals surface area contributed by atoms with Crippen molar-refractivity contribution in [3.8, 4) is 11.4 Å². The molecule has 4 nitrogen and oxygen atoms in total. The molecule has 1 fully saturated rings. The summed E-state index contributed by atoms with van der Waals surface area (Å²) in [6.45, 7) is 0.560. The molecule has 88 valence electrons. The highest BCUT2D eigenvalue weighted by Gasteiger charge is 2.48. The van der Waals surface area contributed by atoms with Crippen molar-refractivity contribution in [3.63, 3.8) is 0 Å². The van der Waals surface area contributed by atoms with Gasteiger partial charge in [0.25, 0.3) is 0 Å². The van der Waals surface area contributed by atoms with Crippen LogP contribution >= 0.6 is 11.6 Å². The summed E-state index contributed by atoms with van der Waals surface area (Å²) in [5, 5.41) is 4.64. The molecular weight excluding hydrogens is 238 g/mol. The highest BCUT2D eigenvalue weighted by atomic mass is 35.5. The molecule has 17 heavy (non-hydrogen) atoms. The van der Waals surface area contributed by atoms with Crippen LogP contribution in [0, 0.1) is 0 Å². The van der Waals surface area contributed by atoms with Crippen molar-refractivity contribution in [1.82, 2.24) is 10.1 Å². The zero-order valence-electron chi connectivity index (χ0n) is 9.19. The lowest BCUT2D eigenvalue weighted by Crippen LogP contribution is -2.19. The fourth-order valence-electron chi connectivity index (χ4n) is 1.84. The van der Waals surface area contributed by atoms with Crippen molar-refractivity contribution >= 4 is 11.6 Å². The predicted octanol–water partition coefficient (Wildman–Crippen LogP) is 2.38. The summed E-state index contributed by atoms with van der Waals surface area (Å²) in [7, 11) is 0. The molecule has 0 bridgehead atoms. The van der Waals surface area contributed by atoms with Crippen LogP contribution in [-0.4, -0.2) is 16.7 Å². The molecule has 5 heteroatoms. The SMILES string of the molecule is NCC1(c2nc(-c3cccc(Cl)c3)no2)CC1. The molecule has 1 aromatic carbocycles. The average molecular weight is 250 g/mol. The molecule has 1 aromatic heterocycles. The number of hydrogen-bond donors (Lipinski definition) is 1. The number of benzene rings is 1. The molecule has 2 aromatic rings. The zero-order valence-corrected chi connectivity index (χ0v) is 9.94. The van der Waals surface area contributed by atoms with E-state index >= 15 is 0 Å². The lowest BCUT2D eigenvalue weighted by atomic mass is 10.1. The molecule has 0 amide bonds. The fourth-order valence-corrected chi connectivity index (χ4v) is 2.03. The number of nitrogens with two attached hydrogens (primary N) is 1. The maximum absolute atomic E-state index is 5.92. The number of rotatable bonds is 3. The second kappa shape index (κ2) is 3.82.